The van der Waals surface area contributed by atoms with Crippen LogP contribution in [-0.4, -0.2) is 36.3 Å². The minimum atomic E-state index is -0.453. The van der Waals surface area contributed by atoms with E-state index < -0.39 is 5.82 Å². The van der Waals surface area contributed by atoms with Crippen LogP contribution in [0.4, 0.5) is 4.39 Å². The number of nitrogens with zero attached hydrogens (tertiary/aromatic N) is 1. The van der Waals surface area contributed by atoms with Crippen LogP contribution in [0.2, 0.25) is 15.1 Å². The summed E-state index contributed by atoms with van der Waals surface area (Å²) >= 11 is 19.5. The Labute approximate surface area is 291 Å². The molecule has 0 bridgehead atoms. The van der Waals surface area contributed by atoms with Gasteiger partial charge < -0.3 is 14.8 Å². The van der Waals surface area contributed by atoms with Crippen molar-refractivity contribution >= 4 is 51.7 Å². The number of fused-ring (bicyclic) bond motifs is 1. The number of esters is 1. The van der Waals surface area contributed by atoms with Crippen LogP contribution in [0.3, 0.4) is 0 Å². The van der Waals surface area contributed by atoms with Crippen LogP contribution in [0.25, 0.3) is 27.7 Å². The summed E-state index contributed by atoms with van der Waals surface area (Å²) in [6, 6.07) is 16.0. The SMILES string of the molecule is CC(C)C.O=C(CNCCCCCOc1cc(-c2ccc(F)cc2Cl)c2ccc(=O)n(-c3c(Cl)cccc3Cl)c2c1)OC1CCCC1. The van der Waals surface area contributed by atoms with Gasteiger partial charge in [0.05, 0.1) is 39.4 Å². The van der Waals surface area contributed by atoms with Gasteiger partial charge in [-0.15, -0.1) is 0 Å². The van der Waals surface area contributed by atoms with Gasteiger partial charge in [0.1, 0.15) is 17.7 Å². The van der Waals surface area contributed by atoms with E-state index in [4.69, 9.17) is 44.3 Å². The molecule has 0 amide bonds. The number of pyridine rings is 1. The molecule has 5 rings (SSSR count). The van der Waals surface area contributed by atoms with Gasteiger partial charge in [0, 0.05) is 23.1 Å². The Kier molecular flexibility index (Phi) is 14.0. The van der Waals surface area contributed by atoms with Gasteiger partial charge in [-0.25, -0.2) is 4.39 Å². The molecule has 4 aromatic rings. The Morgan fingerprint density at radius 2 is 1.62 bits per heavy atom. The molecule has 1 heterocycles. The van der Waals surface area contributed by atoms with E-state index in [0.29, 0.717) is 56.7 Å². The van der Waals surface area contributed by atoms with Crippen LogP contribution >= 0.6 is 34.8 Å². The number of halogens is 4. The van der Waals surface area contributed by atoms with E-state index in [2.05, 4.69) is 26.1 Å². The lowest BCUT2D eigenvalue weighted by molar-refractivity contribution is -0.147. The smallest absolute Gasteiger partial charge is 0.320 e. The van der Waals surface area contributed by atoms with Crippen LogP contribution in [0, 0.1) is 11.7 Å². The molecule has 1 aliphatic rings. The average Bonchev–Trinajstić information content (AvgIpc) is 3.52. The van der Waals surface area contributed by atoms with Crippen molar-refractivity contribution in [3.63, 3.8) is 0 Å². The third kappa shape index (κ3) is 10.4. The molecule has 0 unspecified atom stereocenters. The first-order chi connectivity index (χ1) is 22.5. The van der Waals surface area contributed by atoms with Crippen molar-refractivity contribution in [2.24, 2.45) is 5.92 Å². The molecule has 0 atom stereocenters. The monoisotopic (exact) mass is 702 g/mol. The molecule has 0 saturated heterocycles. The van der Waals surface area contributed by atoms with Crippen molar-refractivity contribution in [3.8, 4) is 22.6 Å². The maximum atomic E-state index is 13.9. The summed E-state index contributed by atoms with van der Waals surface area (Å²) in [6.07, 6.45) is 6.80. The lowest BCUT2D eigenvalue weighted by Gasteiger charge is -2.18. The van der Waals surface area contributed by atoms with Gasteiger partial charge in [-0.3, -0.25) is 14.2 Å². The van der Waals surface area contributed by atoms with Crippen LogP contribution in [0.5, 0.6) is 5.75 Å². The lowest BCUT2D eigenvalue weighted by Crippen LogP contribution is -2.28. The molecule has 47 heavy (non-hydrogen) atoms. The molecule has 1 fully saturated rings. The highest BCUT2D eigenvalue weighted by Gasteiger charge is 2.19. The Morgan fingerprint density at radius 3 is 2.30 bits per heavy atom. The fourth-order valence-electron chi connectivity index (χ4n) is 5.41. The van der Waals surface area contributed by atoms with Gasteiger partial charge in [0.25, 0.3) is 5.56 Å². The van der Waals surface area contributed by atoms with Gasteiger partial charge in [0.2, 0.25) is 0 Å². The van der Waals surface area contributed by atoms with Crippen LogP contribution in [-0.2, 0) is 9.53 Å². The van der Waals surface area contributed by atoms with Crippen molar-refractivity contribution in [2.45, 2.75) is 71.8 Å². The summed E-state index contributed by atoms with van der Waals surface area (Å²) in [5, 5.41) is 4.70. The second-order valence-electron chi connectivity index (χ2n) is 12.3. The average molecular weight is 704 g/mol. The van der Waals surface area contributed by atoms with E-state index >= 15 is 0 Å². The second kappa shape index (κ2) is 17.9. The zero-order valence-corrected chi connectivity index (χ0v) is 29.4. The minimum Gasteiger partial charge on any atom is -0.493 e. The van der Waals surface area contributed by atoms with Crippen molar-refractivity contribution < 1.29 is 18.7 Å². The third-order valence-electron chi connectivity index (χ3n) is 7.50. The molecule has 10 heteroatoms. The molecule has 0 spiro atoms. The first kappa shape index (κ1) is 36.7. The topological polar surface area (TPSA) is 69.6 Å². The molecule has 1 aromatic heterocycles. The third-order valence-corrected chi connectivity index (χ3v) is 8.43. The van der Waals surface area contributed by atoms with Crippen LogP contribution in [0.15, 0.2) is 65.5 Å². The Hall–Kier alpha value is -3.10. The van der Waals surface area contributed by atoms with Gasteiger partial charge in [-0.2, -0.15) is 0 Å². The number of aromatic nitrogens is 1. The van der Waals surface area contributed by atoms with Gasteiger partial charge in [0.15, 0.2) is 0 Å². The maximum Gasteiger partial charge on any atom is 0.320 e. The van der Waals surface area contributed by atoms with E-state index in [0.717, 1.165) is 50.9 Å². The number of nitrogens with one attached hydrogen (secondary N) is 1. The number of unbranched alkanes of at least 4 members (excludes halogenated alkanes) is 2. The Bertz CT molecular complexity index is 1700. The van der Waals surface area contributed by atoms with Crippen LogP contribution in [0.1, 0.15) is 65.7 Å². The number of benzene rings is 3. The number of rotatable bonds is 12. The van der Waals surface area contributed by atoms with Crippen molar-refractivity contribution in [1.29, 1.82) is 0 Å². The summed E-state index contributed by atoms with van der Waals surface area (Å²) in [5.74, 6) is 0.698. The highest BCUT2D eigenvalue weighted by atomic mass is 35.5. The quantitative estimate of drug-likeness (QED) is 0.118. The van der Waals surface area contributed by atoms with Crippen molar-refractivity contribution in [3.05, 3.63) is 91.9 Å². The zero-order valence-electron chi connectivity index (χ0n) is 27.1. The Morgan fingerprint density at radius 1 is 0.915 bits per heavy atom. The van der Waals surface area contributed by atoms with E-state index in [1.165, 1.54) is 22.8 Å². The van der Waals surface area contributed by atoms with E-state index in [-0.39, 0.29) is 29.2 Å². The molecule has 1 N–H and O–H groups in total. The molecular formula is C37H42Cl3FN2O4. The van der Waals surface area contributed by atoms with E-state index in [1.54, 1.807) is 36.4 Å². The maximum absolute atomic E-state index is 13.9. The highest BCUT2D eigenvalue weighted by Crippen LogP contribution is 2.38. The Balaban J connectivity index is 0.00000118. The van der Waals surface area contributed by atoms with Gasteiger partial charge >= 0.3 is 5.97 Å². The van der Waals surface area contributed by atoms with Crippen molar-refractivity contribution in [1.82, 2.24) is 9.88 Å². The fourth-order valence-corrected chi connectivity index (χ4v) is 6.25. The first-order valence-electron chi connectivity index (χ1n) is 16.2. The van der Waals surface area contributed by atoms with E-state index in [9.17, 15) is 14.0 Å². The number of carbonyl (C=O) groups excluding carboxylic acids is 1. The molecule has 3 aromatic carbocycles. The summed E-state index contributed by atoms with van der Waals surface area (Å²) in [4.78, 5) is 25.2. The number of para-hydroxylation sites is 1. The number of hydrogen-bond donors (Lipinski definition) is 1. The largest absolute Gasteiger partial charge is 0.493 e. The first-order valence-corrected chi connectivity index (χ1v) is 17.3. The van der Waals surface area contributed by atoms with Crippen molar-refractivity contribution in [2.75, 3.05) is 19.7 Å². The molecule has 6 nitrogen and oxygen atoms in total. The summed E-state index contributed by atoms with van der Waals surface area (Å²) in [6.45, 7) is 7.85. The van der Waals surface area contributed by atoms with E-state index in [1.807, 2.05) is 6.07 Å². The number of carbonyl (C=O) groups is 1. The number of hydrogen-bond acceptors (Lipinski definition) is 5. The molecular weight excluding hydrogens is 662 g/mol. The lowest BCUT2D eigenvalue weighted by atomic mass is 9.99. The fraction of sp³-hybridized carbons (Fsp3) is 0.405. The molecule has 1 aliphatic carbocycles. The standard InChI is InChI=1S/C33H32Cl3FN2O4.C4H10/c34-27-9-6-10-28(35)33(27)39-30-19-23(42-16-5-1-4-15-38-20-32(41)43-22-7-2-3-8-22)18-26(25(30)13-14-31(39)40)24-12-11-21(37)17-29(24)36;1-4(2)3/h6,9-14,17-19,22,38H,1-5,7-8,15-16,20H2;4H,1-3H3. The second-order valence-corrected chi connectivity index (χ2v) is 13.5. The summed E-state index contributed by atoms with van der Waals surface area (Å²) in [5.41, 5.74) is 1.81. The molecule has 0 aliphatic heterocycles. The molecule has 1 saturated carbocycles. The predicted molar refractivity (Wildman–Crippen MR) is 191 cm³/mol. The predicted octanol–water partition coefficient (Wildman–Crippen LogP) is 10.0. The minimum absolute atomic E-state index is 0.0810. The summed E-state index contributed by atoms with van der Waals surface area (Å²) in [7, 11) is 0. The van der Waals surface area contributed by atoms with Gasteiger partial charge in [-0.05, 0) is 105 Å². The van der Waals surface area contributed by atoms with Gasteiger partial charge in [-0.1, -0.05) is 61.6 Å². The molecule has 0 radical (unpaired) electrons. The zero-order chi connectivity index (χ0) is 33.9. The molecule has 252 valence electrons. The highest BCUT2D eigenvalue weighted by molar-refractivity contribution is 6.38. The normalized spacial score (nSPS) is 13.1. The number of ether oxygens (including phenoxy) is 2. The van der Waals surface area contributed by atoms with Crippen LogP contribution < -0.4 is 15.6 Å². The summed E-state index contributed by atoms with van der Waals surface area (Å²) < 4.78 is 27.0.